The summed E-state index contributed by atoms with van der Waals surface area (Å²) in [5.41, 5.74) is -0.920. The van der Waals surface area contributed by atoms with Crippen molar-refractivity contribution in [2.45, 2.75) is 38.3 Å². The van der Waals surface area contributed by atoms with E-state index in [0.717, 1.165) is 16.7 Å². The van der Waals surface area contributed by atoms with Crippen LogP contribution in [0.25, 0.3) is 0 Å². The molecule has 182 valence electrons. The highest BCUT2D eigenvalue weighted by atomic mass is 18.2. The monoisotopic (exact) mass is 475 g/mol. The number of aliphatic hydroxyl groups excluding tert-OH is 2. The van der Waals surface area contributed by atoms with Crippen molar-refractivity contribution in [2.75, 3.05) is 26.4 Å². The molecule has 12 heteroatoms. The normalized spacial score (nSPS) is 19.7. The van der Waals surface area contributed by atoms with Crippen molar-refractivity contribution < 1.29 is 28.9 Å². The predicted molar refractivity (Wildman–Crippen MR) is 116 cm³/mol. The molecular formula is C22H25FN4O7. The van der Waals surface area contributed by atoms with Crippen LogP contribution in [0.15, 0.2) is 34.0 Å². The molecule has 11 nitrogen and oxygen atoms in total. The number of halogens is 1. The predicted octanol–water partition coefficient (Wildman–Crippen LogP) is -0.583. The van der Waals surface area contributed by atoms with Gasteiger partial charge in [0.15, 0.2) is 0 Å². The van der Waals surface area contributed by atoms with Crippen LogP contribution in [0.4, 0.5) is 4.39 Å². The lowest BCUT2D eigenvalue weighted by atomic mass is 10.1. The SMILES string of the molecule is Cc1cn([C@H]2C[C@H](O)[C@@H](CO)O2)c(=O)n(CCOCCNC(=O)c2ccc([18F])c(C#N)c2)c1=O. The zero-order valence-electron chi connectivity index (χ0n) is 18.4. The molecule has 1 aromatic carbocycles. The number of amides is 1. The maximum atomic E-state index is 13.4. The first-order valence-electron chi connectivity index (χ1n) is 10.6. The first kappa shape index (κ1) is 25.3. The Hall–Kier alpha value is -3.37. The van der Waals surface area contributed by atoms with Crippen LogP contribution >= 0.6 is 0 Å². The fraction of sp³-hybridized carbons (Fsp3) is 0.455. The number of ether oxygens (including phenoxy) is 2. The van der Waals surface area contributed by atoms with Gasteiger partial charge in [0.2, 0.25) is 0 Å². The van der Waals surface area contributed by atoms with E-state index in [-0.39, 0.29) is 43.9 Å². The van der Waals surface area contributed by atoms with Crippen LogP contribution in [0.2, 0.25) is 0 Å². The lowest BCUT2D eigenvalue weighted by Gasteiger charge is -2.17. The van der Waals surface area contributed by atoms with E-state index in [0.29, 0.717) is 5.56 Å². The van der Waals surface area contributed by atoms with Crippen molar-refractivity contribution >= 4 is 5.91 Å². The van der Waals surface area contributed by atoms with Crippen LogP contribution in [0.1, 0.15) is 34.1 Å². The zero-order valence-corrected chi connectivity index (χ0v) is 18.4. The summed E-state index contributed by atoms with van der Waals surface area (Å²) in [4.78, 5) is 37.4. The van der Waals surface area contributed by atoms with Gasteiger partial charge in [-0.2, -0.15) is 5.26 Å². The Morgan fingerprint density at radius 3 is 2.82 bits per heavy atom. The molecule has 1 saturated heterocycles. The molecule has 0 spiro atoms. The lowest BCUT2D eigenvalue weighted by Crippen LogP contribution is -2.43. The third kappa shape index (κ3) is 5.57. The van der Waals surface area contributed by atoms with Gasteiger partial charge in [0.25, 0.3) is 11.5 Å². The number of carbonyl (C=O) groups is 1. The van der Waals surface area contributed by atoms with Gasteiger partial charge in [0, 0.05) is 30.3 Å². The molecule has 0 saturated carbocycles. The zero-order chi connectivity index (χ0) is 24.8. The molecule has 1 aromatic heterocycles. The van der Waals surface area contributed by atoms with Crippen molar-refractivity contribution in [1.82, 2.24) is 14.5 Å². The van der Waals surface area contributed by atoms with E-state index in [4.69, 9.17) is 14.7 Å². The summed E-state index contributed by atoms with van der Waals surface area (Å²) >= 11 is 0. The number of nitrogens with zero attached hydrogens (tertiary/aromatic N) is 3. The molecule has 3 atom stereocenters. The summed E-state index contributed by atoms with van der Waals surface area (Å²) in [6.07, 6.45) is -1.08. The van der Waals surface area contributed by atoms with Crippen molar-refractivity contribution in [1.29, 1.82) is 5.26 Å². The van der Waals surface area contributed by atoms with Gasteiger partial charge in [-0.3, -0.25) is 18.7 Å². The van der Waals surface area contributed by atoms with Gasteiger partial charge in [-0.1, -0.05) is 0 Å². The van der Waals surface area contributed by atoms with Crippen molar-refractivity contribution in [3.8, 4) is 6.07 Å². The van der Waals surface area contributed by atoms with Crippen molar-refractivity contribution in [3.63, 3.8) is 0 Å². The summed E-state index contributed by atoms with van der Waals surface area (Å²) in [6.45, 7) is 1.32. The number of rotatable bonds is 9. The number of nitriles is 1. The van der Waals surface area contributed by atoms with Crippen LogP contribution in [-0.2, 0) is 16.0 Å². The van der Waals surface area contributed by atoms with E-state index in [9.17, 15) is 29.0 Å². The summed E-state index contributed by atoms with van der Waals surface area (Å²) in [5, 5.41) is 30.6. The topological polar surface area (TPSA) is 156 Å². The molecule has 2 aromatic rings. The van der Waals surface area contributed by atoms with E-state index in [1.165, 1.54) is 16.8 Å². The molecule has 1 fully saturated rings. The molecular weight excluding hydrogens is 450 g/mol. The average molecular weight is 475 g/mol. The Morgan fingerprint density at radius 1 is 1.38 bits per heavy atom. The fourth-order valence-corrected chi connectivity index (χ4v) is 3.56. The van der Waals surface area contributed by atoms with E-state index in [2.05, 4.69) is 5.32 Å². The minimum Gasteiger partial charge on any atom is -0.394 e. The molecule has 1 aliphatic rings. The highest BCUT2D eigenvalue weighted by molar-refractivity contribution is 5.94. The van der Waals surface area contributed by atoms with Gasteiger partial charge in [-0.25, -0.2) is 9.18 Å². The molecule has 0 aliphatic carbocycles. The minimum atomic E-state index is -0.928. The smallest absolute Gasteiger partial charge is 0.333 e. The van der Waals surface area contributed by atoms with E-state index < -0.39 is 48.0 Å². The number of benzene rings is 1. The van der Waals surface area contributed by atoms with Crippen LogP contribution < -0.4 is 16.6 Å². The molecule has 2 heterocycles. The molecule has 1 amide bonds. The van der Waals surface area contributed by atoms with Crippen molar-refractivity contribution in [3.05, 3.63) is 67.7 Å². The first-order valence-corrected chi connectivity index (χ1v) is 10.6. The van der Waals surface area contributed by atoms with Crippen LogP contribution in [0.3, 0.4) is 0 Å². The largest absolute Gasteiger partial charge is 0.394 e. The lowest BCUT2D eigenvalue weighted by molar-refractivity contribution is -0.0464. The van der Waals surface area contributed by atoms with Crippen LogP contribution in [-0.4, -0.2) is 63.8 Å². The van der Waals surface area contributed by atoms with Gasteiger partial charge in [-0.05, 0) is 25.1 Å². The Kier molecular flexibility index (Phi) is 8.30. The molecule has 0 unspecified atom stereocenters. The fourth-order valence-electron chi connectivity index (χ4n) is 3.56. The molecule has 3 N–H and O–H groups in total. The molecule has 0 radical (unpaired) electrons. The first-order chi connectivity index (χ1) is 16.3. The number of aromatic nitrogens is 2. The maximum Gasteiger partial charge on any atom is 0.333 e. The van der Waals surface area contributed by atoms with Gasteiger partial charge < -0.3 is 25.0 Å². The summed E-state index contributed by atoms with van der Waals surface area (Å²) in [6, 6.07) is 5.12. The summed E-state index contributed by atoms with van der Waals surface area (Å²) in [5.74, 6) is -1.21. The van der Waals surface area contributed by atoms with E-state index in [1.54, 1.807) is 13.0 Å². The van der Waals surface area contributed by atoms with E-state index >= 15 is 0 Å². The van der Waals surface area contributed by atoms with Gasteiger partial charge >= 0.3 is 5.69 Å². The quantitative estimate of drug-likeness (QED) is 0.407. The number of hydrogen-bond acceptors (Lipinski definition) is 8. The molecule has 3 rings (SSSR count). The number of hydrogen-bond donors (Lipinski definition) is 3. The molecule has 1 aliphatic heterocycles. The third-order valence-electron chi connectivity index (χ3n) is 5.40. The Labute approximate surface area is 193 Å². The number of aryl methyl sites for hydroxylation is 1. The minimum absolute atomic E-state index is 0.0109. The number of carbonyl (C=O) groups excluding carboxylic acids is 1. The molecule has 0 bridgehead atoms. The summed E-state index contributed by atoms with van der Waals surface area (Å²) in [7, 11) is 0. The second kappa shape index (κ2) is 11.2. The number of aliphatic hydroxyl groups is 2. The van der Waals surface area contributed by atoms with Crippen molar-refractivity contribution in [2.24, 2.45) is 0 Å². The third-order valence-corrected chi connectivity index (χ3v) is 5.40. The second-order valence-corrected chi connectivity index (χ2v) is 7.75. The van der Waals surface area contributed by atoms with Gasteiger partial charge in [0.05, 0.1) is 38.0 Å². The van der Waals surface area contributed by atoms with Gasteiger partial charge in [0.1, 0.15) is 24.2 Å². The Balaban J connectivity index is 1.54. The van der Waals surface area contributed by atoms with Gasteiger partial charge in [-0.15, -0.1) is 0 Å². The molecule has 34 heavy (non-hydrogen) atoms. The highest BCUT2D eigenvalue weighted by Crippen LogP contribution is 2.27. The Bertz CT molecular complexity index is 1200. The van der Waals surface area contributed by atoms with Crippen LogP contribution in [0.5, 0.6) is 0 Å². The standard InChI is InChI=1S/C22H25FN4O7/c1-13-11-27(19-9-17(29)18(12-28)34-19)22(32)26(21(13)31)5-7-33-6-4-25-20(30)14-2-3-16(23)15(8-14)10-24/h2-3,8,11,17-19,28-29H,4-7,9,12H2,1H3,(H,25,30)/t17-,18+,19+/m0/s1/i23-1. The average Bonchev–Trinajstić information content (AvgIpc) is 3.20. The second-order valence-electron chi connectivity index (χ2n) is 7.75. The maximum absolute atomic E-state index is 13.4. The Morgan fingerprint density at radius 2 is 2.15 bits per heavy atom. The highest BCUT2D eigenvalue weighted by Gasteiger charge is 2.35. The summed E-state index contributed by atoms with van der Waals surface area (Å²) < 4.78 is 26.5. The van der Waals surface area contributed by atoms with Crippen LogP contribution in [0, 0.1) is 24.1 Å². The van der Waals surface area contributed by atoms with E-state index in [1.807, 2.05) is 0 Å². The number of nitrogens with one attached hydrogen (secondary N) is 1.